The third-order valence-electron chi connectivity index (χ3n) is 2.24. The van der Waals surface area contributed by atoms with Gasteiger partial charge in [-0.05, 0) is 39.0 Å². The second-order valence-corrected chi connectivity index (χ2v) is 5.60. The van der Waals surface area contributed by atoms with Gasteiger partial charge in [-0.15, -0.1) is 11.3 Å². The van der Waals surface area contributed by atoms with Gasteiger partial charge in [-0.25, -0.2) is 15.4 Å². The van der Waals surface area contributed by atoms with Crippen molar-refractivity contribution >= 4 is 34.6 Å². The lowest BCUT2D eigenvalue weighted by molar-refractivity contribution is 1.03. The summed E-state index contributed by atoms with van der Waals surface area (Å²) in [6.45, 7) is 5.77. The number of rotatable bonds is 3. The molecule has 0 unspecified atom stereocenters. The fraction of sp³-hybridized carbons (Fsp3) is 0.250. The van der Waals surface area contributed by atoms with Gasteiger partial charge in [-0.2, -0.15) is 5.10 Å². The van der Waals surface area contributed by atoms with Crippen LogP contribution in [0.1, 0.15) is 23.2 Å². The third-order valence-corrected chi connectivity index (χ3v) is 3.58. The summed E-state index contributed by atoms with van der Waals surface area (Å²) in [5, 5.41) is 4.25. The number of nitrogens with one attached hydrogen (secondary N) is 1. The zero-order valence-corrected chi connectivity index (χ0v) is 11.9. The fourth-order valence-electron chi connectivity index (χ4n) is 1.47. The lowest BCUT2D eigenvalue weighted by atomic mass is 10.3. The highest BCUT2D eigenvalue weighted by Crippen LogP contribution is 2.22. The number of aryl methyl sites for hydroxylation is 2. The molecule has 0 aliphatic carbocycles. The molecule has 0 spiro atoms. The van der Waals surface area contributed by atoms with E-state index in [-0.39, 0.29) is 0 Å². The molecule has 18 heavy (non-hydrogen) atoms. The SMILES string of the molecule is C/C(=N/Nc1nc(C)cc(C)n1)c1ccc(Cl)s1. The smallest absolute Gasteiger partial charge is 0.243 e. The average molecular weight is 281 g/mol. The molecule has 0 aliphatic rings. The molecule has 0 saturated carbocycles. The number of hydrazone groups is 1. The number of anilines is 1. The van der Waals surface area contributed by atoms with Crippen LogP contribution in [0.5, 0.6) is 0 Å². The molecule has 0 aromatic carbocycles. The molecule has 4 nitrogen and oxygen atoms in total. The first-order chi connectivity index (χ1) is 8.54. The number of aromatic nitrogens is 2. The van der Waals surface area contributed by atoms with Crippen LogP contribution < -0.4 is 5.43 Å². The highest BCUT2D eigenvalue weighted by molar-refractivity contribution is 7.18. The monoisotopic (exact) mass is 280 g/mol. The van der Waals surface area contributed by atoms with Gasteiger partial charge < -0.3 is 0 Å². The Morgan fingerprint density at radius 1 is 1.28 bits per heavy atom. The van der Waals surface area contributed by atoms with Gasteiger partial charge >= 0.3 is 0 Å². The lowest BCUT2D eigenvalue weighted by Crippen LogP contribution is -2.02. The summed E-state index contributed by atoms with van der Waals surface area (Å²) in [6, 6.07) is 5.71. The first kappa shape index (κ1) is 13.0. The maximum Gasteiger partial charge on any atom is 0.243 e. The van der Waals surface area contributed by atoms with Crippen molar-refractivity contribution in [3.8, 4) is 0 Å². The number of hydrogen-bond acceptors (Lipinski definition) is 5. The summed E-state index contributed by atoms with van der Waals surface area (Å²) in [5.74, 6) is 0.509. The Hall–Kier alpha value is -1.46. The normalized spacial score (nSPS) is 11.7. The molecule has 0 radical (unpaired) electrons. The first-order valence-corrected chi connectivity index (χ1v) is 6.62. The maximum absolute atomic E-state index is 5.88. The van der Waals surface area contributed by atoms with Crippen molar-refractivity contribution in [3.63, 3.8) is 0 Å². The van der Waals surface area contributed by atoms with Crippen molar-refractivity contribution in [1.29, 1.82) is 0 Å². The molecule has 2 heterocycles. The standard InChI is InChI=1S/C12H13ClN4S/c1-7-6-8(2)15-12(14-7)17-16-9(3)10-4-5-11(13)18-10/h4-6H,1-3H3,(H,14,15,17)/b16-9-. The molecular weight excluding hydrogens is 268 g/mol. The molecular formula is C12H13ClN4S. The Morgan fingerprint density at radius 2 is 1.94 bits per heavy atom. The van der Waals surface area contributed by atoms with Crippen LogP contribution in [-0.2, 0) is 0 Å². The van der Waals surface area contributed by atoms with Gasteiger partial charge in [0.2, 0.25) is 5.95 Å². The van der Waals surface area contributed by atoms with E-state index in [9.17, 15) is 0 Å². The molecule has 0 fully saturated rings. The van der Waals surface area contributed by atoms with Gasteiger partial charge in [0.05, 0.1) is 14.9 Å². The molecule has 0 atom stereocenters. The minimum atomic E-state index is 0.509. The van der Waals surface area contributed by atoms with E-state index in [0.717, 1.165) is 26.3 Å². The highest BCUT2D eigenvalue weighted by atomic mass is 35.5. The minimum absolute atomic E-state index is 0.509. The van der Waals surface area contributed by atoms with Crippen molar-refractivity contribution in [2.24, 2.45) is 5.10 Å². The van der Waals surface area contributed by atoms with Crippen LogP contribution in [0.3, 0.4) is 0 Å². The summed E-state index contributed by atoms with van der Waals surface area (Å²) < 4.78 is 0.752. The molecule has 0 bridgehead atoms. The van der Waals surface area contributed by atoms with E-state index < -0.39 is 0 Å². The van der Waals surface area contributed by atoms with Crippen molar-refractivity contribution in [1.82, 2.24) is 9.97 Å². The molecule has 1 N–H and O–H groups in total. The van der Waals surface area contributed by atoms with Crippen molar-refractivity contribution in [2.75, 3.05) is 5.43 Å². The summed E-state index contributed by atoms with van der Waals surface area (Å²) >= 11 is 7.37. The average Bonchev–Trinajstić information content (AvgIpc) is 2.71. The first-order valence-electron chi connectivity index (χ1n) is 5.43. The van der Waals surface area contributed by atoms with Crippen LogP contribution in [0.4, 0.5) is 5.95 Å². The summed E-state index contributed by atoms with van der Waals surface area (Å²) in [7, 11) is 0. The predicted octanol–water partition coefficient (Wildman–Crippen LogP) is 3.64. The lowest BCUT2D eigenvalue weighted by Gasteiger charge is -2.02. The van der Waals surface area contributed by atoms with Gasteiger partial charge in [0.25, 0.3) is 0 Å². The highest BCUT2D eigenvalue weighted by Gasteiger charge is 2.02. The van der Waals surface area contributed by atoms with Crippen molar-refractivity contribution < 1.29 is 0 Å². The van der Waals surface area contributed by atoms with Crippen LogP contribution in [0, 0.1) is 13.8 Å². The van der Waals surface area contributed by atoms with Gasteiger partial charge in [0.15, 0.2) is 0 Å². The molecule has 0 saturated heterocycles. The summed E-state index contributed by atoms with van der Waals surface area (Å²) in [5.41, 5.74) is 5.55. The van der Waals surface area contributed by atoms with E-state index in [0.29, 0.717) is 5.95 Å². The van der Waals surface area contributed by atoms with Crippen LogP contribution in [0.2, 0.25) is 4.34 Å². The molecule has 2 aromatic rings. The van der Waals surface area contributed by atoms with Gasteiger partial charge in [-0.3, -0.25) is 0 Å². The Bertz CT molecular complexity index is 571. The van der Waals surface area contributed by atoms with E-state index in [4.69, 9.17) is 11.6 Å². The third kappa shape index (κ3) is 3.27. The van der Waals surface area contributed by atoms with Crippen molar-refractivity contribution in [2.45, 2.75) is 20.8 Å². The van der Waals surface area contributed by atoms with E-state index in [1.54, 1.807) is 0 Å². The summed E-state index contributed by atoms with van der Waals surface area (Å²) in [4.78, 5) is 9.53. The molecule has 0 aliphatic heterocycles. The van der Waals surface area contributed by atoms with E-state index in [1.807, 2.05) is 39.0 Å². The van der Waals surface area contributed by atoms with E-state index in [2.05, 4.69) is 20.5 Å². The zero-order chi connectivity index (χ0) is 13.1. The Kier molecular flexibility index (Phi) is 3.93. The Morgan fingerprint density at radius 3 is 2.50 bits per heavy atom. The second-order valence-electron chi connectivity index (χ2n) is 3.89. The molecule has 6 heteroatoms. The Balaban J connectivity index is 2.14. The fourth-order valence-corrected chi connectivity index (χ4v) is 2.46. The van der Waals surface area contributed by atoms with Crippen LogP contribution in [-0.4, -0.2) is 15.7 Å². The number of hydrogen-bond donors (Lipinski definition) is 1. The van der Waals surface area contributed by atoms with Crippen LogP contribution in [0.25, 0.3) is 0 Å². The predicted molar refractivity (Wildman–Crippen MR) is 76.7 cm³/mol. The van der Waals surface area contributed by atoms with Gasteiger partial charge in [0, 0.05) is 11.4 Å². The second kappa shape index (κ2) is 5.46. The van der Waals surface area contributed by atoms with E-state index in [1.165, 1.54) is 11.3 Å². The Labute approximate surface area is 115 Å². The number of halogens is 1. The molecule has 94 valence electrons. The minimum Gasteiger partial charge on any atom is -0.245 e. The summed E-state index contributed by atoms with van der Waals surface area (Å²) in [6.07, 6.45) is 0. The quantitative estimate of drug-likeness (QED) is 0.690. The largest absolute Gasteiger partial charge is 0.245 e. The molecule has 0 amide bonds. The van der Waals surface area contributed by atoms with E-state index >= 15 is 0 Å². The van der Waals surface area contributed by atoms with Gasteiger partial charge in [-0.1, -0.05) is 11.6 Å². The van der Waals surface area contributed by atoms with Crippen LogP contribution in [0.15, 0.2) is 23.3 Å². The van der Waals surface area contributed by atoms with Gasteiger partial charge in [0.1, 0.15) is 0 Å². The van der Waals surface area contributed by atoms with Crippen LogP contribution >= 0.6 is 22.9 Å². The topological polar surface area (TPSA) is 50.2 Å². The maximum atomic E-state index is 5.88. The number of nitrogens with zero attached hydrogens (tertiary/aromatic N) is 3. The molecule has 2 aromatic heterocycles. The molecule has 2 rings (SSSR count). The zero-order valence-electron chi connectivity index (χ0n) is 10.4. The number of thiophene rings is 1. The van der Waals surface area contributed by atoms with Crippen molar-refractivity contribution in [3.05, 3.63) is 38.8 Å².